The van der Waals surface area contributed by atoms with Gasteiger partial charge in [0.05, 0.1) is 17.8 Å². The quantitative estimate of drug-likeness (QED) is 0.644. The number of nitrogens with one attached hydrogen (secondary N) is 3. The lowest BCUT2D eigenvalue weighted by molar-refractivity contribution is -0.119. The standard InChI is InChI=1S/C22H22N4O/c27-22(17-10-12-24-14-17)26-18-8-9-20(16-5-2-1-3-6-16)21(13-18)25-19-7-4-11-23-15-19/h1-9,11,13,15,17,24-25H,10,12,14H2,(H,26,27). The van der Waals surface area contributed by atoms with Crippen molar-refractivity contribution in [3.8, 4) is 11.1 Å². The van der Waals surface area contributed by atoms with Gasteiger partial charge in [-0.05, 0) is 42.8 Å². The molecule has 2 heterocycles. The highest BCUT2D eigenvalue weighted by Gasteiger charge is 2.22. The van der Waals surface area contributed by atoms with Crippen LogP contribution in [0.15, 0.2) is 73.1 Å². The monoisotopic (exact) mass is 358 g/mol. The maximum absolute atomic E-state index is 12.5. The van der Waals surface area contributed by atoms with Gasteiger partial charge in [0.2, 0.25) is 5.91 Å². The highest BCUT2D eigenvalue weighted by molar-refractivity contribution is 5.95. The first-order chi connectivity index (χ1) is 13.3. The highest BCUT2D eigenvalue weighted by Crippen LogP contribution is 2.33. The summed E-state index contributed by atoms with van der Waals surface area (Å²) < 4.78 is 0. The van der Waals surface area contributed by atoms with E-state index in [9.17, 15) is 4.79 Å². The number of nitrogens with zero attached hydrogens (tertiary/aromatic N) is 1. The van der Waals surface area contributed by atoms with Gasteiger partial charge in [-0.2, -0.15) is 0 Å². The van der Waals surface area contributed by atoms with Crippen LogP contribution in [0, 0.1) is 5.92 Å². The van der Waals surface area contributed by atoms with Crippen molar-refractivity contribution < 1.29 is 4.79 Å². The molecule has 27 heavy (non-hydrogen) atoms. The lowest BCUT2D eigenvalue weighted by Gasteiger charge is -2.16. The number of pyridine rings is 1. The van der Waals surface area contributed by atoms with Crippen molar-refractivity contribution in [3.63, 3.8) is 0 Å². The van der Waals surface area contributed by atoms with E-state index in [0.717, 1.165) is 47.7 Å². The first-order valence-corrected chi connectivity index (χ1v) is 9.18. The van der Waals surface area contributed by atoms with Gasteiger partial charge in [0, 0.05) is 29.7 Å². The third-order valence-electron chi connectivity index (χ3n) is 4.74. The number of hydrogen-bond donors (Lipinski definition) is 3. The molecule has 136 valence electrons. The third kappa shape index (κ3) is 4.15. The molecule has 3 aromatic rings. The number of hydrogen-bond acceptors (Lipinski definition) is 4. The lowest BCUT2D eigenvalue weighted by Crippen LogP contribution is -2.24. The Hall–Kier alpha value is -3.18. The van der Waals surface area contributed by atoms with Gasteiger partial charge < -0.3 is 16.0 Å². The fraction of sp³-hybridized carbons (Fsp3) is 0.182. The molecule has 5 heteroatoms. The molecule has 0 bridgehead atoms. The summed E-state index contributed by atoms with van der Waals surface area (Å²) in [5.74, 6) is 0.105. The number of carbonyl (C=O) groups excluding carboxylic acids is 1. The normalized spacial score (nSPS) is 16.1. The van der Waals surface area contributed by atoms with E-state index in [1.807, 2.05) is 48.5 Å². The minimum Gasteiger partial charge on any atom is -0.354 e. The average Bonchev–Trinajstić information content (AvgIpc) is 3.25. The molecule has 1 aliphatic rings. The summed E-state index contributed by atoms with van der Waals surface area (Å²) in [7, 11) is 0. The van der Waals surface area contributed by atoms with E-state index in [1.54, 1.807) is 12.4 Å². The first-order valence-electron chi connectivity index (χ1n) is 9.18. The zero-order valence-electron chi connectivity index (χ0n) is 15.0. The molecule has 5 nitrogen and oxygen atoms in total. The molecule has 0 aliphatic carbocycles. The Kier molecular flexibility index (Phi) is 5.12. The Balaban J connectivity index is 1.64. The minimum absolute atomic E-state index is 0.0357. The fourth-order valence-electron chi connectivity index (χ4n) is 3.31. The van der Waals surface area contributed by atoms with Gasteiger partial charge in [-0.1, -0.05) is 36.4 Å². The summed E-state index contributed by atoms with van der Waals surface area (Å²) in [6, 6.07) is 20.0. The molecule has 1 aromatic heterocycles. The molecule has 0 spiro atoms. The van der Waals surface area contributed by atoms with Crippen LogP contribution in [0.1, 0.15) is 6.42 Å². The van der Waals surface area contributed by atoms with Crippen molar-refractivity contribution in [3.05, 3.63) is 73.1 Å². The van der Waals surface area contributed by atoms with Crippen molar-refractivity contribution in [2.75, 3.05) is 23.7 Å². The fourth-order valence-corrected chi connectivity index (χ4v) is 3.31. The van der Waals surface area contributed by atoms with Gasteiger partial charge in [-0.3, -0.25) is 9.78 Å². The van der Waals surface area contributed by atoms with E-state index in [1.165, 1.54) is 0 Å². The van der Waals surface area contributed by atoms with Gasteiger partial charge in [0.25, 0.3) is 0 Å². The summed E-state index contributed by atoms with van der Waals surface area (Å²) in [5.41, 5.74) is 4.80. The van der Waals surface area contributed by atoms with Gasteiger partial charge in [-0.25, -0.2) is 0 Å². The molecule has 0 saturated carbocycles. The van der Waals surface area contributed by atoms with E-state index < -0.39 is 0 Å². The molecule has 1 unspecified atom stereocenters. The predicted octanol–water partition coefficient (Wildman–Crippen LogP) is 4.04. The van der Waals surface area contributed by atoms with Crippen LogP contribution in [0.4, 0.5) is 17.1 Å². The highest BCUT2D eigenvalue weighted by atomic mass is 16.1. The maximum atomic E-state index is 12.5. The molecule has 3 N–H and O–H groups in total. The number of rotatable bonds is 5. The van der Waals surface area contributed by atoms with E-state index in [2.05, 4.69) is 33.1 Å². The number of anilines is 3. The topological polar surface area (TPSA) is 66.0 Å². The molecule has 1 aliphatic heterocycles. The van der Waals surface area contributed by atoms with Crippen LogP contribution in [0.5, 0.6) is 0 Å². The number of amides is 1. The summed E-state index contributed by atoms with van der Waals surface area (Å²) in [5, 5.41) is 9.72. The van der Waals surface area contributed by atoms with Gasteiger partial charge in [0.15, 0.2) is 0 Å². The van der Waals surface area contributed by atoms with E-state index in [0.29, 0.717) is 0 Å². The average molecular weight is 358 g/mol. The van der Waals surface area contributed by atoms with E-state index >= 15 is 0 Å². The van der Waals surface area contributed by atoms with Crippen LogP contribution in [0.2, 0.25) is 0 Å². The SMILES string of the molecule is O=C(Nc1ccc(-c2ccccc2)c(Nc2cccnc2)c1)C1CCNC1. The van der Waals surface area contributed by atoms with Crippen molar-refractivity contribution in [1.29, 1.82) is 0 Å². The van der Waals surface area contributed by atoms with Crippen LogP contribution < -0.4 is 16.0 Å². The predicted molar refractivity (Wildman–Crippen MR) is 109 cm³/mol. The van der Waals surface area contributed by atoms with Crippen LogP contribution in [0.3, 0.4) is 0 Å². The summed E-state index contributed by atoms with van der Waals surface area (Å²) in [4.78, 5) is 16.6. The zero-order chi connectivity index (χ0) is 18.5. The Morgan fingerprint density at radius 1 is 1.04 bits per heavy atom. The Morgan fingerprint density at radius 2 is 1.93 bits per heavy atom. The maximum Gasteiger partial charge on any atom is 0.228 e. The second-order valence-corrected chi connectivity index (χ2v) is 6.67. The third-order valence-corrected chi connectivity index (χ3v) is 4.74. The minimum atomic E-state index is 0.0357. The van der Waals surface area contributed by atoms with Crippen LogP contribution in [0.25, 0.3) is 11.1 Å². The summed E-state index contributed by atoms with van der Waals surface area (Å²) >= 11 is 0. The largest absolute Gasteiger partial charge is 0.354 e. The molecule has 1 amide bonds. The van der Waals surface area contributed by atoms with Gasteiger partial charge in [-0.15, -0.1) is 0 Å². The Bertz CT molecular complexity index is 906. The van der Waals surface area contributed by atoms with Crippen molar-refractivity contribution in [2.24, 2.45) is 5.92 Å². The molecule has 0 radical (unpaired) electrons. The van der Waals surface area contributed by atoms with E-state index in [-0.39, 0.29) is 11.8 Å². The number of benzene rings is 2. The smallest absolute Gasteiger partial charge is 0.228 e. The second-order valence-electron chi connectivity index (χ2n) is 6.67. The second kappa shape index (κ2) is 8.01. The molecule has 2 aromatic carbocycles. The molecular weight excluding hydrogens is 336 g/mol. The zero-order valence-corrected chi connectivity index (χ0v) is 15.0. The van der Waals surface area contributed by atoms with Crippen molar-refractivity contribution >= 4 is 23.0 Å². The van der Waals surface area contributed by atoms with Crippen molar-refractivity contribution in [1.82, 2.24) is 10.3 Å². The molecule has 1 fully saturated rings. The van der Waals surface area contributed by atoms with Crippen LogP contribution in [-0.2, 0) is 4.79 Å². The molecule has 1 saturated heterocycles. The van der Waals surface area contributed by atoms with Crippen LogP contribution in [-0.4, -0.2) is 24.0 Å². The molecule has 4 rings (SSSR count). The van der Waals surface area contributed by atoms with Gasteiger partial charge >= 0.3 is 0 Å². The number of aromatic nitrogens is 1. The Morgan fingerprint density at radius 3 is 2.67 bits per heavy atom. The summed E-state index contributed by atoms with van der Waals surface area (Å²) in [6.45, 7) is 1.65. The number of carbonyl (C=O) groups is 1. The molecular formula is C22H22N4O. The van der Waals surface area contributed by atoms with Crippen molar-refractivity contribution in [2.45, 2.75) is 6.42 Å². The van der Waals surface area contributed by atoms with Gasteiger partial charge in [0.1, 0.15) is 0 Å². The van der Waals surface area contributed by atoms with Crippen LogP contribution >= 0.6 is 0 Å². The summed E-state index contributed by atoms with van der Waals surface area (Å²) in [6.07, 6.45) is 4.41. The lowest BCUT2D eigenvalue weighted by atomic mass is 10.0. The molecule has 1 atom stereocenters. The van der Waals surface area contributed by atoms with E-state index in [4.69, 9.17) is 0 Å². The first kappa shape index (κ1) is 17.2. The Labute approximate surface area is 158 Å².